The number of rotatable bonds is 9. The normalized spacial score (nSPS) is 22.6. The Balaban J connectivity index is 1.67. The van der Waals surface area contributed by atoms with Crippen molar-refractivity contribution in [3.63, 3.8) is 0 Å². The summed E-state index contributed by atoms with van der Waals surface area (Å²) in [6.45, 7) is 2.33. The monoisotopic (exact) mass is 483 g/mol. The molecule has 1 amide bonds. The van der Waals surface area contributed by atoms with Gasteiger partial charge in [-0.1, -0.05) is 42.5 Å². The highest BCUT2D eigenvalue weighted by Crippen LogP contribution is 2.41. The molecular weight excluding hydrogens is 452 g/mol. The Hall–Kier alpha value is -3.10. The summed E-state index contributed by atoms with van der Waals surface area (Å²) in [7, 11) is 1.43. The van der Waals surface area contributed by atoms with Gasteiger partial charge in [0.25, 0.3) is 5.91 Å². The van der Waals surface area contributed by atoms with E-state index in [9.17, 15) is 13.6 Å². The van der Waals surface area contributed by atoms with Gasteiger partial charge in [0.2, 0.25) is 11.6 Å². The minimum absolute atomic E-state index is 0.141. The molecule has 3 atom stereocenters. The van der Waals surface area contributed by atoms with Gasteiger partial charge >= 0.3 is 0 Å². The fourth-order valence-corrected chi connectivity index (χ4v) is 4.46. The van der Waals surface area contributed by atoms with Crippen LogP contribution in [0.25, 0.3) is 0 Å². The Labute approximate surface area is 204 Å². The second kappa shape index (κ2) is 11.1. The molecule has 1 N–H and O–H groups in total. The third-order valence-corrected chi connectivity index (χ3v) is 6.49. The van der Waals surface area contributed by atoms with Crippen molar-refractivity contribution in [1.82, 2.24) is 10.3 Å². The average molecular weight is 484 g/mol. The number of methoxy groups -OCH3 is 1. The molecule has 2 unspecified atom stereocenters. The highest BCUT2D eigenvalue weighted by molar-refractivity contribution is 5.97. The van der Waals surface area contributed by atoms with Crippen LogP contribution in [0.4, 0.5) is 8.78 Å². The van der Waals surface area contributed by atoms with Gasteiger partial charge in [-0.05, 0) is 57.4 Å². The molecule has 0 radical (unpaired) electrons. The second-order valence-electron chi connectivity index (χ2n) is 8.85. The van der Waals surface area contributed by atoms with Crippen molar-refractivity contribution >= 4 is 11.8 Å². The van der Waals surface area contributed by atoms with E-state index in [0.717, 1.165) is 37.5 Å². The lowest BCUT2D eigenvalue weighted by Crippen LogP contribution is -2.49. The van der Waals surface area contributed by atoms with Crippen molar-refractivity contribution in [1.29, 1.82) is 0 Å². The Bertz CT molecular complexity index is 1090. The molecule has 4 rings (SSSR count). The van der Waals surface area contributed by atoms with Crippen LogP contribution in [0.2, 0.25) is 0 Å². The Morgan fingerprint density at radius 1 is 1.26 bits per heavy atom. The van der Waals surface area contributed by atoms with E-state index in [2.05, 4.69) is 22.6 Å². The number of amides is 1. The van der Waals surface area contributed by atoms with Gasteiger partial charge in [0, 0.05) is 25.1 Å². The number of hydrogen-bond acceptors (Lipinski definition) is 5. The lowest BCUT2D eigenvalue weighted by molar-refractivity contribution is -0.162. The molecule has 0 spiro atoms. The molecular formula is C27H31F2N3O3. The fraction of sp³-hybridized carbons (Fsp3) is 0.407. The van der Waals surface area contributed by atoms with Gasteiger partial charge in [0.05, 0.1) is 5.56 Å². The van der Waals surface area contributed by atoms with E-state index in [0.29, 0.717) is 31.0 Å². The highest BCUT2D eigenvalue weighted by atomic mass is 19.1. The minimum atomic E-state index is -1.33. The molecule has 2 aliphatic rings. The van der Waals surface area contributed by atoms with Gasteiger partial charge in [0.1, 0.15) is 17.7 Å². The van der Waals surface area contributed by atoms with Crippen molar-refractivity contribution in [3.05, 3.63) is 83.4 Å². The smallest absolute Gasteiger partial charge is 0.275 e. The molecule has 0 bridgehead atoms. The summed E-state index contributed by atoms with van der Waals surface area (Å²) < 4.78 is 40.3. The number of hydrogen-bond donors (Lipinski definition) is 1. The van der Waals surface area contributed by atoms with Crippen molar-refractivity contribution < 1.29 is 23.0 Å². The number of carbonyl (C=O) groups excluding carboxylic acids is 1. The van der Waals surface area contributed by atoms with Crippen molar-refractivity contribution in [2.75, 3.05) is 13.7 Å². The van der Waals surface area contributed by atoms with Crippen LogP contribution in [0.15, 0.2) is 65.8 Å². The first kappa shape index (κ1) is 25.0. The lowest BCUT2D eigenvalue weighted by Gasteiger charge is -2.36. The molecule has 186 valence electrons. The van der Waals surface area contributed by atoms with Gasteiger partial charge in [-0.25, -0.2) is 8.78 Å². The third kappa shape index (κ3) is 5.44. The zero-order valence-electron chi connectivity index (χ0n) is 20.0. The summed E-state index contributed by atoms with van der Waals surface area (Å²) in [5.41, 5.74) is -0.779. The maximum Gasteiger partial charge on any atom is 0.275 e. The van der Waals surface area contributed by atoms with E-state index in [-0.39, 0.29) is 11.5 Å². The van der Waals surface area contributed by atoms with Crippen molar-refractivity contribution in [2.24, 2.45) is 5.10 Å². The van der Waals surface area contributed by atoms with Gasteiger partial charge in [-0.3, -0.25) is 4.79 Å². The molecule has 8 heteroatoms. The number of carbonyl (C=O) groups is 1. The third-order valence-electron chi connectivity index (χ3n) is 6.49. The van der Waals surface area contributed by atoms with Gasteiger partial charge in [0.15, 0.2) is 0 Å². The predicted molar refractivity (Wildman–Crippen MR) is 129 cm³/mol. The number of hydrazone groups is 1. The molecule has 0 aromatic heterocycles. The minimum Gasteiger partial charge on any atom is -0.443 e. The fourth-order valence-electron chi connectivity index (χ4n) is 4.46. The zero-order valence-corrected chi connectivity index (χ0v) is 20.0. The molecule has 35 heavy (non-hydrogen) atoms. The largest absolute Gasteiger partial charge is 0.443 e. The molecule has 0 saturated heterocycles. The average Bonchev–Trinajstić information content (AvgIpc) is 3.28. The summed E-state index contributed by atoms with van der Waals surface area (Å²) in [5.74, 6) is -1.89. The SMILES string of the molecule is CO[C@@H](C)C(=O)N1N=C(c2cc(F)ccc2F)OC1(CCCNC1CC=CCC1)c1ccccc1. The first-order valence-electron chi connectivity index (χ1n) is 12.0. The Morgan fingerprint density at radius 2 is 2.06 bits per heavy atom. The van der Waals surface area contributed by atoms with Crippen LogP contribution in [0.5, 0.6) is 0 Å². The van der Waals surface area contributed by atoms with Gasteiger partial charge < -0.3 is 14.8 Å². The van der Waals surface area contributed by atoms with Crippen LogP contribution < -0.4 is 5.32 Å². The van der Waals surface area contributed by atoms with E-state index in [1.807, 2.05) is 30.3 Å². The maximum absolute atomic E-state index is 14.7. The highest BCUT2D eigenvalue weighted by Gasteiger charge is 2.50. The molecule has 2 aromatic rings. The van der Waals surface area contributed by atoms with Crippen LogP contribution in [-0.4, -0.2) is 42.6 Å². The van der Waals surface area contributed by atoms with Crippen LogP contribution >= 0.6 is 0 Å². The molecule has 0 saturated carbocycles. The zero-order chi connectivity index (χ0) is 24.8. The first-order valence-corrected chi connectivity index (χ1v) is 12.0. The summed E-state index contributed by atoms with van der Waals surface area (Å²) in [6, 6.07) is 12.7. The van der Waals surface area contributed by atoms with Crippen LogP contribution in [0.3, 0.4) is 0 Å². The maximum atomic E-state index is 14.7. The summed E-state index contributed by atoms with van der Waals surface area (Å²) in [5, 5.41) is 9.20. The summed E-state index contributed by atoms with van der Waals surface area (Å²) in [6.07, 6.45) is 7.75. The lowest BCUT2D eigenvalue weighted by atomic mass is 9.95. The number of halogens is 2. The molecule has 1 aliphatic carbocycles. The molecule has 1 heterocycles. The van der Waals surface area contributed by atoms with Gasteiger partial charge in [-0.2, -0.15) is 5.01 Å². The molecule has 6 nitrogen and oxygen atoms in total. The Kier molecular flexibility index (Phi) is 7.93. The Morgan fingerprint density at radius 3 is 2.77 bits per heavy atom. The molecule has 2 aromatic carbocycles. The van der Waals surface area contributed by atoms with E-state index >= 15 is 0 Å². The first-order chi connectivity index (χ1) is 16.9. The van der Waals surface area contributed by atoms with E-state index in [1.54, 1.807) is 6.92 Å². The summed E-state index contributed by atoms with van der Waals surface area (Å²) >= 11 is 0. The van der Waals surface area contributed by atoms with E-state index in [1.165, 1.54) is 12.1 Å². The standard InChI is InChI=1S/C27H31F2N3O3/c1-19(34-2)26(33)32-27(20-10-5-3-6-11-20,16-9-17-30-22-12-7-4-8-13-22)35-25(31-32)23-18-21(28)14-15-24(23)29/h3-7,10-11,14-15,18-19,22,30H,8-9,12-13,16-17H2,1-2H3/t19-,22?,27?/m0/s1. The number of benzene rings is 2. The van der Waals surface area contributed by atoms with Crippen LogP contribution in [-0.2, 0) is 20.0 Å². The van der Waals surface area contributed by atoms with E-state index < -0.39 is 29.4 Å². The number of ether oxygens (including phenoxy) is 2. The van der Waals surface area contributed by atoms with Gasteiger partial charge in [-0.15, -0.1) is 5.10 Å². The number of allylic oxidation sites excluding steroid dienone is 1. The van der Waals surface area contributed by atoms with Crippen molar-refractivity contribution in [2.45, 2.75) is 56.9 Å². The molecule has 1 aliphatic heterocycles. The van der Waals surface area contributed by atoms with Crippen LogP contribution in [0, 0.1) is 11.6 Å². The predicted octanol–water partition coefficient (Wildman–Crippen LogP) is 4.85. The van der Waals surface area contributed by atoms with Crippen molar-refractivity contribution in [3.8, 4) is 0 Å². The summed E-state index contributed by atoms with van der Waals surface area (Å²) in [4.78, 5) is 13.4. The molecule has 0 fully saturated rings. The van der Waals surface area contributed by atoms with E-state index in [4.69, 9.17) is 9.47 Å². The quantitative estimate of drug-likeness (QED) is 0.409. The second-order valence-corrected chi connectivity index (χ2v) is 8.85. The van der Waals surface area contributed by atoms with Crippen LogP contribution in [0.1, 0.15) is 50.2 Å². The topological polar surface area (TPSA) is 63.2 Å². The number of nitrogens with zero attached hydrogens (tertiary/aromatic N) is 2. The number of nitrogens with one attached hydrogen (secondary N) is 1.